The lowest BCUT2D eigenvalue weighted by Crippen LogP contribution is -2.33. The molecular weight excluding hydrogens is 234 g/mol. The average Bonchev–Trinajstić information content (AvgIpc) is 2.46. The quantitative estimate of drug-likeness (QED) is 0.498. The predicted octanol–water partition coefficient (Wildman–Crippen LogP) is 1.99. The van der Waals surface area contributed by atoms with Crippen LogP contribution in [-0.4, -0.2) is 12.1 Å². The van der Waals surface area contributed by atoms with Gasteiger partial charge in [-0.2, -0.15) is 0 Å². The Morgan fingerprint density at radius 2 is 1.50 bits per heavy atom. The van der Waals surface area contributed by atoms with E-state index in [1.54, 1.807) is 60.7 Å². The minimum atomic E-state index is -1.73. The van der Waals surface area contributed by atoms with Crippen molar-refractivity contribution >= 4 is 12.6 Å². The van der Waals surface area contributed by atoms with Gasteiger partial charge in [0.2, 0.25) is 0 Å². The summed E-state index contributed by atoms with van der Waals surface area (Å²) in [4.78, 5) is 9.15. The monoisotopic (exact) mass is 246 g/mol. The second-order valence-corrected chi connectivity index (χ2v) is 3.68. The third kappa shape index (κ3) is 3.40. The molecule has 0 amide bonds. The Hall–Kier alpha value is -1.69. The van der Waals surface area contributed by atoms with Crippen molar-refractivity contribution in [2.24, 2.45) is 0 Å². The van der Waals surface area contributed by atoms with Crippen molar-refractivity contribution in [1.29, 1.82) is 0 Å². The molecule has 0 bridgehead atoms. The first-order valence-electron chi connectivity index (χ1n) is 5.51. The molecule has 0 aliphatic heterocycles. The van der Waals surface area contributed by atoms with Gasteiger partial charge in [-0.15, -0.1) is 0 Å². The molecule has 1 unspecified atom stereocenters. The van der Waals surface area contributed by atoms with E-state index in [0.717, 1.165) is 0 Å². The van der Waals surface area contributed by atoms with Crippen LogP contribution >= 0.6 is 0 Å². The highest BCUT2D eigenvalue weighted by atomic mass is 19.1. The van der Waals surface area contributed by atoms with Crippen LogP contribution in [0.3, 0.4) is 0 Å². The van der Waals surface area contributed by atoms with E-state index in [4.69, 9.17) is 0 Å². The second kappa shape index (κ2) is 6.30. The Balaban J connectivity index is 1.89. The molecule has 2 aromatic carbocycles. The fourth-order valence-electron chi connectivity index (χ4n) is 1.43. The lowest BCUT2D eigenvalue weighted by Gasteiger charge is -2.11. The summed E-state index contributed by atoms with van der Waals surface area (Å²) in [7, 11) is -1.31. The maximum absolute atomic E-state index is 13.6. The number of rotatable bonds is 5. The van der Waals surface area contributed by atoms with Gasteiger partial charge in [0.15, 0.2) is 0 Å². The van der Waals surface area contributed by atoms with E-state index in [1.807, 2.05) is 0 Å². The Bertz CT molecular complexity index is 421. The molecule has 0 aromatic heterocycles. The number of hydrogen-bond donors (Lipinski definition) is 1. The second-order valence-electron chi connectivity index (χ2n) is 3.68. The van der Waals surface area contributed by atoms with Crippen molar-refractivity contribution in [3.8, 4) is 0 Å². The van der Waals surface area contributed by atoms with Gasteiger partial charge in [-0.3, -0.25) is 4.81 Å². The number of alkyl halides is 1. The van der Waals surface area contributed by atoms with Crippen LogP contribution in [0.2, 0.25) is 0 Å². The fourth-order valence-corrected chi connectivity index (χ4v) is 1.43. The van der Waals surface area contributed by atoms with Crippen LogP contribution in [0.1, 0.15) is 11.9 Å². The molecule has 2 aromatic rings. The van der Waals surface area contributed by atoms with Gasteiger partial charge < -0.3 is 5.02 Å². The maximum atomic E-state index is 13.6. The first kappa shape index (κ1) is 12.8. The van der Waals surface area contributed by atoms with Crippen molar-refractivity contribution < 1.29 is 19.1 Å². The molecule has 0 aliphatic rings. The zero-order valence-electron chi connectivity index (χ0n) is 9.57. The van der Waals surface area contributed by atoms with Crippen LogP contribution in [0.5, 0.6) is 0 Å². The topological polar surface area (TPSA) is 38.7 Å². The smallest absolute Gasteiger partial charge is 0.422 e. The van der Waals surface area contributed by atoms with Crippen LogP contribution in [0.4, 0.5) is 4.39 Å². The van der Waals surface area contributed by atoms with Gasteiger partial charge in [0, 0.05) is 5.56 Å². The van der Waals surface area contributed by atoms with Crippen molar-refractivity contribution in [2.45, 2.75) is 6.36 Å². The Morgan fingerprint density at radius 3 is 2.11 bits per heavy atom. The molecule has 0 fully saturated rings. The summed E-state index contributed by atoms with van der Waals surface area (Å²) in [5.41, 5.74) is 0.829. The minimum absolute atomic E-state index is 0.331. The van der Waals surface area contributed by atoms with Gasteiger partial charge in [-0.1, -0.05) is 60.7 Å². The summed E-state index contributed by atoms with van der Waals surface area (Å²) < 4.78 is 13.6. The summed E-state index contributed by atoms with van der Waals surface area (Å²) in [5.74, 6) is 0. The van der Waals surface area contributed by atoms with Crippen molar-refractivity contribution in [2.75, 3.05) is 0 Å². The molecular formula is C13H12BFO3. The van der Waals surface area contributed by atoms with E-state index in [9.17, 15) is 9.41 Å². The highest BCUT2D eigenvalue weighted by molar-refractivity contribution is 6.59. The molecule has 0 radical (unpaired) electrons. The summed E-state index contributed by atoms with van der Waals surface area (Å²) in [6, 6.07) is 16.9. The number of halogens is 1. The molecule has 92 valence electrons. The molecule has 0 saturated carbocycles. The van der Waals surface area contributed by atoms with E-state index in [-0.39, 0.29) is 0 Å². The standard InChI is InChI=1S/C13H12BFO3/c15-13(11-7-3-1-4-8-11)17-18-14(16)12-9-5-2-6-10-12/h1-10,13,16H. The molecule has 1 N–H and O–H groups in total. The lowest BCUT2D eigenvalue weighted by atomic mass is 9.80. The first-order chi connectivity index (χ1) is 8.77. The van der Waals surface area contributed by atoms with Gasteiger partial charge >= 0.3 is 7.12 Å². The Labute approximate surface area is 105 Å². The first-order valence-corrected chi connectivity index (χ1v) is 5.51. The molecule has 0 heterocycles. The molecule has 2 rings (SSSR count). The zero-order valence-corrected chi connectivity index (χ0v) is 9.57. The zero-order chi connectivity index (χ0) is 12.8. The Morgan fingerprint density at radius 1 is 0.944 bits per heavy atom. The third-order valence-corrected chi connectivity index (χ3v) is 2.38. The molecule has 0 spiro atoms. The van der Waals surface area contributed by atoms with Gasteiger partial charge in [-0.05, 0) is 5.46 Å². The van der Waals surface area contributed by atoms with Crippen LogP contribution in [0, 0.1) is 0 Å². The highest BCUT2D eigenvalue weighted by Gasteiger charge is 2.20. The summed E-state index contributed by atoms with van der Waals surface area (Å²) >= 11 is 0. The van der Waals surface area contributed by atoms with Crippen LogP contribution in [-0.2, 0) is 9.69 Å². The van der Waals surface area contributed by atoms with E-state index in [1.165, 1.54) is 0 Å². The SMILES string of the molecule is OB(OOC(F)c1ccccc1)c1ccccc1. The molecule has 1 atom stereocenters. The normalized spacial score (nSPS) is 12.1. The van der Waals surface area contributed by atoms with E-state index < -0.39 is 13.5 Å². The van der Waals surface area contributed by atoms with E-state index in [2.05, 4.69) is 9.69 Å². The lowest BCUT2D eigenvalue weighted by molar-refractivity contribution is -0.296. The molecule has 3 nitrogen and oxygen atoms in total. The van der Waals surface area contributed by atoms with E-state index in [0.29, 0.717) is 11.0 Å². The summed E-state index contributed by atoms with van der Waals surface area (Å²) in [5, 5.41) is 9.60. The minimum Gasteiger partial charge on any atom is -0.422 e. The van der Waals surface area contributed by atoms with Crippen molar-refractivity contribution in [3.05, 3.63) is 66.2 Å². The molecule has 18 heavy (non-hydrogen) atoms. The van der Waals surface area contributed by atoms with Gasteiger partial charge in [0.05, 0.1) is 0 Å². The number of benzene rings is 2. The van der Waals surface area contributed by atoms with Gasteiger partial charge in [0.25, 0.3) is 6.36 Å². The third-order valence-electron chi connectivity index (χ3n) is 2.38. The van der Waals surface area contributed by atoms with Gasteiger partial charge in [-0.25, -0.2) is 9.28 Å². The number of hydrogen-bond acceptors (Lipinski definition) is 3. The van der Waals surface area contributed by atoms with Gasteiger partial charge in [0.1, 0.15) is 0 Å². The highest BCUT2D eigenvalue weighted by Crippen LogP contribution is 2.18. The molecule has 5 heteroatoms. The maximum Gasteiger partial charge on any atom is 0.523 e. The fraction of sp³-hybridized carbons (Fsp3) is 0.0769. The van der Waals surface area contributed by atoms with Crippen molar-refractivity contribution in [3.63, 3.8) is 0 Å². The van der Waals surface area contributed by atoms with E-state index >= 15 is 0 Å². The molecule has 0 saturated heterocycles. The average molecular weight is 246 g/mol. The summed E-state index contributed by atoms with van der Waals surface area (Å²) in [6.45, 7) is 0. The van der Waals surface area contributed by atoms with Crippen molar-refractivity contribution in [1.82, 2.24) is 0 Å². The molecule has 0 aliphatic carbocycles. The van der Waals surface area contributed by atoms with Crippen LogP contribution in [0.25, 0.3) is 0 Å². The van der Waals surface area contributed by atoms with Crippen LogP contribution in [0.15, 0.2) is 60.7 Å². The summed E-state index contributed by atoms with van der Waals surface area (Å²) in [6.07, 6.45) is -1.73. The van der Waals surface area contributed by atoms with Crippen LogP contribution < -0.4 is 5.46 Å². The largest absolute Gasteiger partial charge is 0.523 e. The predicted molar refractivity (Wildman–Crippen MR) is 66.5 cm³/mol. The Kier molecular flexibility index (Phi) is 4.47.